The minimum atomic E-state index is 0.657. The summed E-state index contributed by atoms with van der Waals surface area (Å²) >= 11 is 0. The topological polar surface area (TPSA) is 31.5 Å². The van der Waals surface area contributed by atoms with Crippen LogP contribution in [-0.2, 0) is 4.74 Å². The van der Waals surface area contributed by atoms with Crippen LogP contribution in [0, 0.1) is 0 Å². The Bertz CT molecular complexity index is 887. The fourth-order valence-electron chi connectivity index (χ4n) is 4.58. The Kier molecular flexibility index (Phi) is 4.50. The molecule has 2 fully saturated rings. The molecule has 0 radical (unpaired) electrons. The van der Waals surface area contributed by atoms with Gasteiger partial charge in [-0.25, -0.2) is 0 Å². The van der Waals surface area contributed by atoms with Crippen LogP contribution in [-0.4, -0.2) is 44.4 Å². The van der Waals surface area contributed by atoms with Crippen LogP contribution in [0.15, 0.2) is 54.7 Å². The number of fused-ring (bicyclic) bond motifs is 1. The lowest BCUT2D eigenvalue weighted by atomic mass is 9.89. The number of nitrogens with one attached hydrogen (secondary N) is 1. The lowest BCUT2D eigenvalue weighted by molar-refractivity contribution is 0.122. The summed E-state index contributed by atoms with van der Waals surface area (Å²) in [5, 5.41) is 1.39. The minimum absolute atomic E-state index is 0.657. The van der Waals surface area contributed by atoms with Gasteiger partial charge < -0.3 is 19.5 Å². The molecule has 2 aliphatic heterocycles. The number of piperidine rings is 1. The van der Waals surface area contributed by atoms with Gasteiger partial charge in [0.2, 0.25) is 0 Å². The van der Waals surface area contributed by atoms with Crippen LogP contribution in [0.4, 0.5) is 11.4 Å². The first kappa shape index (κ1) is 16.7. The third-order valence-corrected chi connectivity index (χ3v) is 6.15. The van der Waals surface area contributed by atoms with E-state index in [4.69, 9.17) is 4.74 Å². The van der Waals surface area contributed by atoms with Crippen LogP contribution in [0.3, 0.4) is 0 Å². The SMILES string of the molecule is c1ccc2c(C3CCN(c4ccc(N5CCOCC5)cc4)CC3)c[nH]c2c1. The fourth-order valence-corrected chi connectivity index (χ4v) is 4.58. The lowest BCUT2D eigenvalue weighted by Gasteiger charge is -2.34. The van der Waals surface area contributed by atoms with Gasteiger partial charge in [0, 0.05) is 54.7 Å². The average molecular weight is 361 g/mol. The highest BCUT2D eigenvalue weighted by atomic mass is 16.5. The van der Waals surface area contributed by atoms with E-state index < -0.39 is 0 Å². The second-order valence-corrected chi connectivity index (χ2v) is 7.67. The van der Waals surface area contributed by atoms with E-state index in [-0.39, 0.29) is 0 Å². The molecule has 3 heterocycles. The number of benzene rings is 2. The van der Waals surface area contributed by atoms with Crippen LogP contribution in [0.5, 0.6) is 0 Å². The molecule has 2 saturated heterocycles. The summed E-state index contributed by atoms with van der Waals surface area (Å²) in [5.74, 6) is 0.657. The summed E-state index contributed by atoms with van der Waals surface area (Å²) in [5.41, 5.74) is 5.42. The van der Waals surface area contributed by atoms with E-state index in [1.807, 2.05) is 0 Å². The lowest BCUT2D eigenvalue weighted by Crippen LogP contribution is -2.36. The number of rotatable bonds is 3. The number of H-pyrrole nitrogens is 1. The van der Waals surface area contributed by atoms with E-state index in [0.29, 0.717) is 5.92 Å². The van der Waals surface area contributed by atoms with E-state index in [2.05, 4.69) is 69.5 Å². The number of hydrogen-bond donors (Lipinski definition) is 1. The third kappa shape index (κ3) is 3.30. The standard InChI is InChI=1S/C23H27N3O/c1-2-4-23-21(3-1)22(17-24-23)18-9-11-25(12-10-18)19-5-7-20(8-6-19)26-13-15-27-16-14-26/h1-8,17-18,24H,9-16H2. The van der Waals surface area contributed by atoms with Crippen molar-refractivity contribution in [2.75, 3.05) is 49.2 Å². The molecule has 27 heavy (non-hydrogen) atoms. The molecule has 0 atom stereocenters. The Labute approximate surface area is 160 Å². The minimum Gasteiger partial charge on any atom is -0.378 e. The van der Waals surface area contributed by atoms with Crippen LogP contribution >= 0.6 is 0 Å². The quantitative estimate of drug-likeness (QED) is 0.751. The molecule has 2 aromatic carbocycles. The summed E-state index contributed by atoms with van der Waals surface area (Å²) in [7, 11) is 0. The largest absolute Gasteiger partial charge is 0.378 e. The number of para-hydroxylation sites is 1. The van der Waals surface area contributed by atoms with Gasteiger partial charge in [0.05, 0.1) is 13.2 Å². The Morgan fingerprint density at radius 2 is 1.41 bits per heavy atom. The number of aromatic nitrogens is 1. The molecule has 1 N–H and O–H groups in total. The van der Waals surface area contributed by atoms with Crippen molar-refractivity contribution in [3.8, 4) is 0 Å². The second kappa shape index (κ2) is 7.28. The Morgan fingerprint density at radius 1 is 0.778 bits per heavy atom. The van der Waals surface area contributed by atoms with Crippen LogP contribution in [0.2, 0.25) is 0 Å². The monoisotopic (exact) mass is 361 g/mol. The van der Waals surface area contributed by atoms with Gasteiger partial charge in [0.25, 0.3) is 0 Å². The molecular weight excluding hydrogens is 334 g/mol. The van der Waals surface area contributed by atoms with Crippen molar-refractivity contribution in [2.24, 2.45) is 0 Å². The van der Waals surface area contributed by atoms with Crippen molar-refractivity contribution in [2.45, 2.75) is 18.8 Å². The zero-order valence-electron chi connectivity index (χ0n) is 15.7. The Hall–Kier alpha value is -2.46. The first-order chi connectivity index (χ1) is 13.4. The molecule has 4 heteroatoms. The molecule has 4 nitrogen and oxygen atoms in total. The molecule has 2 aliphatic rings. The predicted octanol–water partition coefficient (Wildman–Crippen LogP) is 4.39. The molecule has 0 bridgehead atoms. The fraction of sp³-hybridized carbons (Fsp3) is 0.391. The molecular formula is C23H27N3O. The summed E-state index contributed by atoms with van der Waals surface area (Å²) < 4.78 is 5.46. The van der Waals surface area contributed by atoms with Gasteiger partial charge >= 0.3 is 0 Å². The van der Waals surface area contributed by atoms with E-state index in [1.165, 1.54) is 40.7 Å². The predicted molar refractivity (Wildman–Crippen MR) is 112 cm³/mol. The molecule has 0 unspecified atom stereocenters. The van der Waals surface area contributed by atoms with Gasteiger partial charge in [-0.05, 0) is 54.7 Å². The second-order valence-electron chi connectivity index (χ2n) is 7.67. The van der Waals surface area contributed by atoms with Crippen LogP contribution in [0.25, 0.3) is 10.9 Å². The number of morpholine rings is 1. The van der Waals surface area contributed by atoms with Gasteiger partial charge in [-0.15, -0.1) is 0 Å². The van der Waals surface area contributed by atoms with E-state index in [0.717, 1.165) is 39.4 Å². The third-order valence-electron chi connectivity index (χ3n) is 6.15. The van der Waals surface area contributed by atoms with Gasteiger partial charge in [0.15, 0.2) is 0 Å². The van der Waals surface area contributed by atoms with Crippen molar-refractivity contribution in [1.82, 2.24) is 4.98 Å². The van der Waals surface area contributed by atoms with Gasteiger partial charge in [0.1, 0.15) is 0 Å². The van der Waals surface area contributed by atoms with Gasteiger partial charge in [-0.2, -0.15) is 0 Å². The van der Waals surface area contributed by atoms with Crippen molar-refractivity contribution in [1.29, 1.82) is 0 Å². The first-order valence-corrected chi connectivity index (χ1v) is 10.1. The van der Waals surface area contributed by atoms with Crippen LogP contribution < -0.4 is 9.80 Å². The average Bonchev–Trinajstić information content (AvgIpc) is 3.19. The zero-order valence-corrected chi connectivity index (χ0v) is 15.7. The number of hydrogen-bond acceptors (Lipinski definition) is 3. The van der Waals surface area contributed by atoms with Crippen molar-refractivity contribution in [3.05, 3.63) is 60.3 Å². The molecule has 140 valence electrons. The van der Waals surface area contributed by atoms with Gasteiger partial charge in [-0.1, -0.05) is 18.2 Å². The Balaban J connectivity index is 1.25. The number of nitrogens with zero attached hydrogens (tertiary/aromatic N) is 2. The van der Waals surface area contributed by atoms with Crippen molar-refractivity contribution in [3.63, 3.8) is 0 Å². The highest BCUT2D eigenvalue weighted by Crippen LogP contribution is 2.34. The highest BCUT2D eigenvalue weighted by Gasteiger charge is 2.23. The van der Waals surface area contributed by atoms with Crippen molar-refractivity contribution >= 4 is 22.3 Å². The van der Waals surface area contributed by atoms with Gasteiger partial charge in [-0.3, -0.25) is 0 Å². The van der Waals surface area contributed by atoms with E-state index in [1.54, 1.807) is 0 Å². The number of aromatic amines is 1. The number of ether oxygens (including phenoxy) is 1. The molecule has 3 aromatic rings. The normalized spacial score (nSPS) is 19.0. The molecule has 0 spiro atoms. The molecule has 0 saturated carbocycles. The Morgan fingerprint density at radius 3 is 2.11 bits per heavy atom. The van der Waals surface area contributed by atoms with E-state index in [9.17, 15) is 0 Å². The van der Waals surface area contributed by atoms with Crippen LogP contribution in [0.1, 0.15) is 24.3 Å². The van der Waals surface area contributed by atoms with E-state index >= 15 is 0 Å². The maximum absolute atomic E-state index is 5.46. The summed E-state index contributed by atoms with van der Waals surface area (Å²) in [6, 6.07) is 17.8. The zero-order chi connectivity index (χ0) is 18.1. The smallest absolute Gasteiger partial charge is 0.0642 e. The van der Waals surface area contributed by atoms with Crippen molar-refractivity contribution < 1.29 is 4.74 Å². The molecule has 1 aromatic heterocycles. The molecule has 0 amide bonds. The molecule has 0 aliphatic carbocycles. The summed E-state index contributed by atoms with van der Waals surface area (Å²) in [6.45, 7) is 5.92. The maximum atomic E-state index is 5.46. The molecule has 5 rings (SSSR count). The number of anilines is 2. The summed E-state index contributed by atoms with van der Waals surface area (Å²) in [4.78, 5) is 8.39. The summed E-state index contributed by atoms with van der Waals surface area (Å²) in [6.07, 6.45) is 4.66. The first-order valence-electron chi connectivity index (χ1n) is 10.1. The highest BCUT2D eigenvalue weighted by molar-refractivity contribution is 5.83. The maximum Gasteiger partial charge on any atom is 0.0642 e.